The number of hydrogen-bond donors (Lipinski definition) is 10. The smallest absolute Gasteiger partial charge is 0.243 e. The van der Waals surface area contributed by atoms with Crippen molar-refractivity contribution in [3.05, 3.63) is 64.7 Å². The first-order valence-electron chi connectivity index (χ1n) is 12.7. The minimum Gasteiger partial charge on any atom is -0.508 e. The second kappa shape index (κ2) is 15.0. The number of nitrogens with one attached hydrogen (secondary N) is 7. The van der Waals surface area contributed by atoms with E-state index in [4.69, 9.17) is 22.3 Å². The van der Waals surface area contributed by atoms with Crippen molar-refractivity contribution in [3.63, 3.8) is 0 Å². The van der Waals surface area contributed by atoms with E-state index in [2.05, 4.69) is 26.6 Å². The number of phenols is 1. The Morgan fingerprint density at radius 1 is 0.875 bits per heavy atom. The van der Waals surface area contributed by atoms with Gasteiger partial charge in [-0.25, -0.2) is 0 Å². The van der Waals surface area contributed by atoms with E-state index < -0.39 is 41.8 Å². The summed E-state index contributed by atoms with van der Waals surface area (Å²) >= 11 is 0. The van der Waals surface area contributed by atoms with Gasteiger partial charge in [0.05, 0.1) is 12.6 Å². The highest BCUT2D eigenvalue weighted by Gasteiger charge is 2.25. The zero-order valence-electron chi connectivity index (χ0n) is 22.9. The molecule has 0 saturated heterocycles. The Labute approximate surface area is 233 Å². The average Bonchev–Trinajstić information content (AvgIpc) is 2.87. The number of carbonyl (C=O) groups is 3. The highest BCUT2D eigenvalue weighted by atomic mass is 16.3. The van der Waals surface area contributed by atoms with Crippen molar-refractivity contribution >= 4 is 29.6 Å². The van der Waals surface area contributed by atoms with Gasteiger partial charge >= 0.3 is 0 Å². The van der Waals surface area contributed by atoms with E-state index in [0.29, 0.717) is 6.42 Å². The van der Waals surface area contributed by atoms with E-state index in [1.807, 2.05) is 44.2 Å². The molecule has 0 aromatic heterocycles. The third-order valence-electron chi connectivity index (χ3n) is 6.14. The first-order valence-corrected chi connectivity index (χ1v) is 12.7. The van der Waals surface area contributed by atoms with Crippen LogP contribution in [0.2, 0.25) is 0 Å². The molecule has 3 atom stereocenters. The number of nitrogens with two attached hydrogens (primary N) is 2. The van der Waals surface area contributed by atoms with Crippen molar-refractivity contribution < 1.29 is 19.5 Å². The van der Waals surface area contributed by atoms with Crippen molar-refractivity contribution in [3.8, 4) is 5.75 Å². The Hall–Kier alpha value is -4.81. The van der Waals surface area contributed by atoms with Crippen LogP contribution in [0.5, 0.6) is 5.75 Å². The minimum atomic E-state index is -0.936. The van der Waals surface area contributed by atoms with Gasteiger partial charge in [0.15, 0.2) is 11.9 Å². The Balaban J connectivity index is 2.04. The predicted molar refractivity (Wildman–Crippen MR) is 153 cm³/mol. The predicted octanol–water partition coefficient (Wildman–Crippen LogP) is -0.765. The number of aryl methyl sites for hydroxylation is 2. The van der Waals surface area contributed by atoms with Crippen LogP contribution in [-0.2, 0) is 27.2 Å². The summed E-state index contributed by atoms with van der Waals surface area (Å²) in [4.78, 5) is 38.3. The molecule has 13 nitrogen and oxygen atoms in total. The fourth-order valence-electron chi connectivity index (χ4n) is 4.18. The van der Waals surface area contributed by atoms with Crippen LogP contribution < -0.4 is 38.1 Å². The molecule has 2 aromatic carbocycles. The molecular weight excluding hydrogens is 514 g/mol. The molecule has 0 aliphatic carbocycles. The Kier molecular flexibility index (Phi) is 11.7. The second-order valence-corrected chi connectivity index (χ2v) is 9.57. The van der Waals surface area contributed by atoms with E-state index in [0.717, 1.165) is 22.3 Å². The monoisotopic (exact) mass is 553 g/mol. The second-order valence-electron chi connectivity index (χ2n) is 9.57. The number of amides is 3. The molecule has 0 aliphatic heterocycles. The maximum atomic E-state index is 13.1. The number of benzene rings is 2. The third kappa shape index (κ3) is 10.5. The van der Waals surface area contributed by atoms with E-state index >= 15 is 0 Å². The van der Waals surface area contributed by atoms with Gasteiger partial charge in [-0.1, -0.05) is 30.3 Å². The van der Waals surface area contributed by atoms with Crippen LogP contribution in [0, 0.1) is 24.7 Å². The first-order chi connectivity index (χ1) is 18.8. The van der Waals surface area contributed by atoms with Crippen molar-refractivity contribution in [1.29, 1.82) is 10.8 Å². The summed E-state index contributed by atoms with van der Waals surface area (Å²) in [5.74, 6) is -2.02. The Morgan fingerprint density at radius 2 is 1.50 bits per heavy atom. The lowest BCUT2D eigenvalue weighted by Gasteiger charge is -2.24. The van der Waals surface area contributed by atoms with Crippen LogP contribution >= 0.6 is 0 Å². The summed E-state index contributed by atoms with van der Waals surface area (Å²) < 4.78 is 0. The molecule has 0 bridgehead atoms. The molecule has 0 aliphatic rings. The standard InChI is InChI=1S/C27H39N9O4/c1-15-9-20(37)10-16(2)21(15)12-22(36-27(30)31)25(40)34-17(3)24(39)32-13-19(11-18-7-5-4-6-8-18)35-23(38)14-33-26(28)29/h4-10,17,19,22,37H,11-14H2,1-3H3,(H,32,39)(H,34,40)(H,35,38)(H4,28,29,33)(H4,30,31,36)/t17-,19+,22+/m1/s1. The summed E-state index contributed by atoms with van der Waals surface area (Å²) in [5, 5.41) is 38.0. The maximum absolute atomic E-state index is 13.1. The lowest BCUT2D eigenvalue weighted by molar-refractivity contribution is -0.129. The fraction of sp³-hybridized carbons (Fsp3) is 0.370. The highest BCUT2D eigenvalue weighted by Crippen LogP contribution is 2.22. The van der Waals surface area contributed by atoms with Gasteiger partial charge in [0.2, 0.25) is 17.7 Å². The zero-order chi connectivity index (χ0) is 29.8. The van der Waals surface area contributed by atoms with Crippen molar-refractivity contribution in [2.24, 2.45) is 11.5 Å². The molecular formula is C27H39N9O4. The Bertz CT molecular complexity index is 1200. The van der Waals surface area contributed by atoms with Crippen LogP contribution in [0.25, 0.3) is 0 Å². The lowest BCUT2D eigenvalue weighted by Crippen LogP contribution is -2.55. The highest BCUT2D eigenvalue weighted by molar-refractivity contribution is 5.92. The zero-order valence-corrected chi connectivity index (χ0v) is 22.9. The minimum absolute atomic E-state index is 0.0841. The molecule has 0 fully saturated rings. The molecule has 0 unspecified atom stereocenters. The summed E-state index contributed by atoms with van der Waals surface area (Å²) in [6.07, 6.45) is 0.612. The van der Waals surface area contributed by atoms with Crippen LogP contribution in [0.4, 0.5) is 0 Å². The van der Waals surface area contributed by atoms with Crippen LogP contribution in [-0.4, -0.2) is 66.0 Å². The lowest BCUT2D eigenvalue weighted by atomic mass is 9.95. The number of phenolic OH excluding ortho intramolecular Hbond substituents is 1. The average molecular weight is 554 g/mol. The molecule has 0 heterocycles. The largest absolute Gasteiger partial charge is 0.508 e. The van der Waals surface area contributed by atoms with E-state index in [1.54, 1.807) is 12.1 Å². The van der Waals surface area contributed by atoms with Crippen LogP contribution in [0.15, 0.2) is 42.5 Å². The molecule has 2 aromatic rings. The van der Waals surface area contributed by atoms with Gasteiger partial charge < -0.3 is 43.2 Å². The van der Waals surface area contributed by atoms with Crippen molar-refractivity contribution in [2.45, 2.75) is 51.7 Å². The molecule has 3 amide bonds. The molecule has 0 saturated carbocycles. The van der Waals surface area contributed by atoms with Crippen molar-refractivity contribution in [1.82, 2.24) is 26.6 Å². The van der Waals surface area contributed by atoms with Crippen molar-refractivity contribution in [2.75, 3.05) is 13.1 Å². The van der Waals surface area contributed by atoms with E-state index in [-0.39, 0.29) is 31.2 Å². The topological polar surface area (TPSA) is 231 Å². The van der Waals surface area contributed by atoms with Gasteiger partial charge in [-0.05, 0) is 61.6 Å². The molecule has 216 valence electrons. The summed E-state index contributed by atoms with van der Waals surface area (Å²) in [6.45, 7) is 5.03. The molecule has 13 heteroatoms. The number of rotatable bonds is 13. The normalized spacial score (nSPS) is 12.8. The van der Waals surface area contributed by atoms with Gasteiger partial charge in [0, 0.05) is 13.0 Å². The summed E-state index contributed by atoms with van der Waals surface area (Å²) in [5.41, 5.74) is 14.1. The van der Waals surface area contributed by atoms with Gasteiger partial charge in [-0.2, -0.15) is 0 Å². The molecule has 2 rings (SSSR count). The van der Waals surface area contributed by atoms with E-state index in [9.17, 15) is 19.5 Å². The number of hydrogen-bond acceptors (Lipinski definition) is 6. The fourth-order valence-corrected chi connectivity index (χ4v) is 4.18. The molecule has 12 N–H and O–H groups in total. The number of carbonyl (C=O) groups excluding carboxylic acids is 3. The molecule has 0 radical (unpaired) electrons. The summed E-state index contributed by atoms with van der Waals surface area (Å²) in [7, 11) is 0. The van der Waals surface area contributed by atoms with Crippen LogP contribution in [0.3, 0.4) is 0 Å². The van der Waals surface area contributed by atoms with E-state index in [1.165, 1.54) is 6.92 Å². The van der Waals surface area contributed by atoms with Gasteiger partial charge in [0.1, 0.15) is 17.8 Å². The number of guanidine groups is 2. The Morgan fingerprint density at radius 3 is 2.08 bits per heavy atom. The van der Waals surface area contributed by atoms with Gasteiger partial charge in [-0.3, -0.25) is 25.2 Å². The molecule has 0 spiro atoms. The quantitative estimate of drug-likeness (QED) is 0.112. The van der Waals surface area contributed by atoms with Gasteiger partial charge in [-0.15, -0.1) is 0 Å². The third-order valence-corrected chi connectivity index (χ3v) is 6.14. The van der Waals surface area contributed by atoms with Crippen LogP contribution in [0.1, 0.15) is 29.2 Å². The maximum Gasteiger partial charge on any atom is 0.243 e. The first kappa shape index (κ1) is 31.4. The molecule has 40 heavy (non-hydrogen) atoms. The summed E-state index contributed by atoms with van der Waals surface area (Å²) in [6, 6.07) is 10.2. The SMILES string of the molecule is Cc1cc(O)cc(C)c1C[C@H](NC(=N)N)C(=O)N[C@H](C)C(=O)NC[C@H](Cc1ccccc1)NC(=O)CNC(=N)N. The number of aromatic hydroxyl groups is 1. The van der Waals surface area contributed by atoms with Gasteiger partial charge in [0.25, 0.3) is 0 Å².